The maximum absolute atomic E-state index is 12.3. The first-order valence-corrected chi connectivity index (χ1v) is 8.26. The van der Waals surface area contributed by atoms with E-state index in [1.165, 1.54) is 0 Å². The Morgan fingerprint density at radius 2 is 1.04 bits per heavy atom. The predicted octanol–water partition coefficient (Wildman–Crippen LogP) is 4.01. The van der Waals surface area contributed by atoms with Crippen molar-refractivity contribution >= 4 is 11.9 Å². The van der Waals surface area contributed by atoms with Gasteiger partial charge in [0, 0.05) is 0 Å². The van der Waals surface area contributed by atoms with Crippen molar-refractivity contribution in [3.8, 4) is 0 Å². The van der Waals surface area contributed by atoms with E-state index in [1.54, 1.807) is 48.5 Å². The lowest BCUT2D eigenvalue weighted by molar-refractivity contribution is -0.0514. The minimum atomic E-state index is -0.390. The maximum atomic E-state index is 12.3. The molecule has 1 saturated carbocycles. The summed E-state index contributed by atoms with van der Waals surface area (Å²) in [6, 6.07) is 17.8. The predicted molar refractivity (Wildman–Crippen MR) is 89.8 cm³/mol. The zero-order valence-corrected chi connectivity index (χ0v) is 13.4. The van der Waals surface area contributed by atoms with Crippen LogP contribution in [0.5, 0.6) is 0 Å². The second kappa shape index (κ2) is 7.77. The molecule has 0 bridgehead atoms. The first kappa shape index (κ1) is 16.2. The van der Waals surface area contributed by atoms with E-state index in [1.807, 2.05) is 12.1 Å². The molecule has 2 aromatic rings. The third kappa shape index (κ3) is 4.02. The van der Waals surface area contributed by atoms with Gasteiger partial charge >= 0.3 is 11.9 Å². The van der Waals surface area contributed by atoms with Gasteiger partial charge in [-0.2, -0.15) is 0 Å². The molecule has 0 N–H and O–H groups in total. The van der Waals surface area contributed by atoms with Gasteiger partial charge in [0.15, 0.2) is 0 Å². The molecule has 24 heavy (non-hydrogen) atoms. The number of hydrogen-bond acceptors (Lipinski definition) is 4. The van der Waals surface area contributed by atoms with Crippen molar-refractivity contribution in [2.75, 3.05) is 0 Å². The molecular formula is C20H20O4. The fourth-order valence-corrected chi connectivity index (χ4v) is 2.89. The van der Waals surface area contributed by atoms with E-state index in [0.29, 0.717) is 24.0 Å². The number of carbonyl (C=O) groups excluding carboxylic acids is 2. The average molecular weight is 324 g/mol. The summed E-state index contributed by atoms with van der Waals surface area (Å²) in [5, 5.41) is 0. The van der Waals surface area contributed by atoms with Crippen LogP contribution in [0.15, 0.2) is 60.7 Å². The Morgan fingerprint density at radius 3 is 1.42 bits per heavy atom. The zero-order chi connectivity index (χ0) is 16.8. The Morgan fingerprint density at radius 1 is 0.667 bits per heavy atom. The number of esters is 2. The van der Waals surface area contributed by atoms with Gasteiger partial charge in [-0.3, -0.25) is 0 Å². The Kier molecular flexibility index (Phi) is 5.26. The van der Waals surface area contributed by atoms with Crippen molar-refractivity contribution in [3.63, 3.8) is 0 Å². The fraction of sp³-hybridized carbons (Fsp3) is 0.300. The highest BCUT2D eigenvalue weighted by Crippen LogP contribution is 2.25. The molecular weight excluding hydrogens is 304 g/mol. The fourth-order valence-electron chi connectivity index (χ4n) is 2.89. The minimum absolute atomic E-state index is 0.372. The van der Waals surface area contributed by atoms with Crippen LogP contribution in [0, 0.1) is 0 Å². The molecule has 1 aliphatic carbocycles. The summed E-state index contributed by atoms with van der Waals surface area (Å²) in [7, 11) is 0. The Labute approximate surface area is 141 Å². The maximum Gasteiger partial charge on any atom is 0.338 e. The van der Waals surface area contributed by atoms with Gasteiger partial charge in [0.2, 0.25) is 0 Å². The lowest BCUT2D eigenvalue weighted by Gasteiger charge is -2.30. The van der Waals surface area contributed by atoms with Crippen molar-refractivity contribution in [1.29, 1.82) is 0 Å². The summed E-state index contributed by atoms with van der Waals surface area (Å²) in [5.74, 6) is -0.744. The molecule has 4 heteroatoms. The average Bonchev–Trinajstić information content (AvgIpc) is 2.64. The minimum Gasteiger partial charge on any atom is -0.455 e. The highest BCUT2D eigenvalue weighted by molar-refractivity contribution is 5.90. The monoisotopic (exact) mass is 324 g/mol. The summed E-state index contributed by atoms with van der Waals surface area (Å²) in [6.07, 6.45) is 2.58. The Bertz CT molecular complexity index is 620. The van der Waals surface area contributed by atoms with Gasteiger partial charge in [0.25, 0.3) is 0 Å². The number of hydrogen-bond donors (Lipinski definition) is 0. The van der Waals surface area contributed by atoms with Crippen LogP contribution in [0.25, 0.3) is 0 Å². The van der Waals surface area contributed by atoms with Crippen molar-refractivity contribution in [1.82, 2.24) is 0 Å². The van der Waals surface area contributed by atoms with Crippen LogP contribution in [0.3, 0.4) is 0 Å². The van der Waals surface area contributed by atoms with Crippen molar-refractivity contribution < 1.29 is 19.1 Å². The van der Waals surface area contributed by atoms with E-state index in [2.05, 4.69) is 0 Å². The number of benzene rings is 2. The second-order valence-electron chi connectivity index (χ2n) is 5.90. The molecule has 1 fully saturated rings. The van der Waals surface area contributed by atoms with Gasteiger partial charge in [0.1, 0.15) is 12.2 Å². The zero-order valence-electron chi connectivity index (χ0n) is 13.4. The molecule has 124 valence electrons. The molecule has 0 amide bonds. The van der Waals surface area contributed by atoms with E-state index in [0.717, 1.165) is 12.8 Å². The SMILES string of the molecule is O=C(O[C@@H]1CCCC[C@H]1OC(=O)c1ccccc1)c1ccccc1. The first-order chi connectivity index (χ1) is 11.7. The van der Waals surface area contributed by atoms with Gasteiger partial charge in [-0.25, -0.2) is 9.59 Å². The lowest BCUT2D eigenvalue weighted by Crippen LogP contribution is -2.37. The van der Waals surface area contributed by atoms with Crippen molar-refractivity contribution in [3.05, 3.63) is 71.8 Å². The number of ether oxygens (including phenoxy) is 2. The highest BCUT2D eigenvalue weighted by atomic mass is 16.6. The quantitative estimate of drug-likeness (QED) is 0.797. The molecule has 1 aliphatic rings. The van der Waals surface area contributed by atoms with E-state index in [9.17, 15) is 9.59 Å². The van der Waals surface area contributed by atoms with E-state index in [-0.39, 0.29) is 24.1 Å². The largest absolute Gasteiger partial charge is 0.455 e. The topological polar surface area (TPSA) is 52.6 Å². The van der Waals surface area contributed by atoms with Crippen LogP contribution < -0.4 is 0 Å². The summed E-state index contributed by atoms with van der Waals surface area (Å²) in [6.45, 7) is 0. The van der Waals surface area contributed by atoms with Crippen molar-refractivity contribution in [2.45, 2.75) is 37.9 Å². The standard InChI is InChI=1S/C20H20O4/c21-19(15-9-3-1-4-10-15)23-17-13-7-8-14-18(17)24-20(22)16-11-5-2-6-12-16/h1-6,9-12,17-18H,7-8,13-14H2/t17-,18-/m1/s1. The molecule has 0 saturated heterocycles. The van der Waals surface area contributed by atoms with Gasteiger partial charge in [-0.1, -0.05) is 36.4 Å². The van der Waals surface area contributed by atoms with Gasteiger partial charge in [-0.05, 0) is 49.9 Å². The van der Waals surface area contributed by atoms with Crippen LogP contribution in [-0.4, -0.2) is 24.1 Å². The van der Waals surface area contributed by atoms with Crippen molar-refractivity contribution in [2.24, 2.45) is 0 Å². The first-order valence-electron chi connectivity index (χ1n) is 8.26. The van der Waals surface area contributed by atoms with E-state index >= 15 is 0 Å². The molecule has 4 nitrogen and oxygen atoms in total. The number of carbonyl (C=O) groups is 2. The lowest BCUT2D eigenvalue weighted by atomic mass is 9.94. The molecule has 3 rings (SSSR count). The summed E-state index contributed by atoms with van der Waals surface area (Å²) < 4.78 is 11.2. The molecule has 0 aliphatic heterocycles. The second-order valence-corrected chi connectivity index (χ2v) is 5.90. The summed E-state index contributed by atoms with van der Waals surface area (Å²) in [5.41, 5.74) is 1.02. The molecule has 0 radical (unpaired) electrons. The van der Waals surface area contributed by atoms with Crippen LogP contribution >= 0.6 is 0 Å². The molecule has 0 aromatic heterocycles. The molecule has 0 unspecified atom stereocenters. The van der Waals surface area contributed by atoms with E-state index in [4.69, 9.17) is 9.47 Å². The van der Waals surface area contributed by atoms with Gasteiger partial charge in [-0.15, -0.1) is 0 Å². The molecule has 2 atom stereocenters. The third-order valence-corrected chi connectivity index (χ3v) is 4.18. The highest BCUT2D eigenvalue weighted by Gasteiger charge is 2.32. The van der Waals surface area contributed by atoms with E-state index < -0.39 is 0 Å². The van der Waals surface area contributed by atoms with Crippen LogP contribution in [-0.2, 0) is 9.47 Å². The Hall–Kier alpha value is -2.62. The van der Waals surface area contributed by atoms with Crippen LogP contribution in [0.1, 0.15) is 46.4 Å². The Balaban J connectivity index is 1.65. The summed E-state index contributed by atoms with van der Waals surface area (Å²) in [4.78, 5) is 24.5. The normalized spacial score (nSPS) is 20.2. The molecule has 0 spiro atoms. The smallest absolute Gasteiger partial charge is 0.338 e. The number of rotatable bonds is 4. The van der Waals surface area contributed by atoms with Gasteiger partial charge < -0.3 is 9.47 Å². The van der Waals surface area contributed by atoms with Crippen LogP contribution in [0.2, 0.25) is 0 Å². The van der Waals surface area contributed by atoms with Gasteiger partial charge in [0.05, 0.1) is 11.1 Å². The molecule has 2 aromatic carbocycles. The summed E-state index contributed by atoms with van der Waals surface area (Å²) >= 11 is 0. The molecule has 0 heterocycles. The third-order valence-electron chi connectivity index (χ3n) is 4.18. The van der Waals surface area contributed by atoms with Crippen LogP contribution in [0.4, 0.5) is 0 Å².